The zero-order valence-corrected chi connectivity index (χ0v) is 20.9. The molecule has 0 unspecified atom stereocenters. The molecule has 2 aliphatic carbocycles. The van der Waals surface area contributed by atoms with Crippen LogP contribution in [-0.4, -0.2) is 32.3 Å². The van der Waals surface area contributed by atoms with Gasteiger partial charge < -0.3 is 15.2 Å². The van der Waals surface area contributed by atoms with E-state index in [1.165, 1.54) is 19.3 Å². The Balaban J connectivity index is 1.23. The third-order valence-electron chi connectivity index (χ3n) is 9.53. The Morgan fingerprint density at radius 2 is 1.97 bits per heavy atom. The molecule has 2 N–H and O–H groups in total. The van der Waals surface area contributed by atoms with Crippen LogP contribution in [0.15, 0.2) is 54.7 Å². The van der Waals surface area contributed by atoms with Crippen LogP contribution in [0.1, 0.15) is 87.7 Å². The summed E-state index contributed by atoms with van der Waals surface area (Å²) in [7, 11) is 0. The molecule has 188 valence electrons. The standard InChI is InChI=1S/C32H29N5O/c1-3-19-6-4-7-22-28(19)25-15-26(36(2)30(22)38)29-35-23-10-8-20(14-24(23)37(25)29)21-9-11-27(34-16-21)32(33)17-31(18-32)12-5-13-31/h1,4,6-11,14,16,25-26H,5,12-13,15,17-18,33H2,2H3/t25-,26-/m1/s1/i2D3. The van der Waals surface area contributed by atoms with Gasteiger partial charge in [0, 0.05) is 46.0 Å². The third kappa shape index (κ3) is 2.80. The summed E-state index contributed by atoms with van der Waals surface area (Å²) in [5, 5.41) is 0. The molecule has 0 saturated heterocycles. The van der Waals surface area contributed by atoms with Crippen LogP contribution in [0.25, 0.3) is 22.2 Å². The van der Waals surface area contributed by atoms with Crippen LogP contribution in [0.2, 0.25) is 0 Å². The third-order valence-corrected chi connectivity index (χ3v) is 9.53. The van der Waals surface area contributed by atoms with E-state index in [1.807, 2.05) is 18.3 Å². The van der Waals surface area contributed by atoms with Crippen molar-refractivity contribution < 1.29 is 8.91 Å². The van der Waals surface area contributed by atoms with Gasteiger partial charge >= 0.3 is 0 Å². The number of rotatable bonds is 2. The highest BCUT2D eigenvalue weighted by Gasteiger charge is 2.56. The average Bonchev–Trinajstić information content (AvgIpc) is 3.42. The van der Waals surface area contributed by atoms with Crippen LogP contribution < -0.4 is 5.73 Å². The summed E-state index contributed by atoms with van der Waals surface area (Å²) in [5.74, 6) is 2.75. The van der Waals surface area contributed by atoms with Gasteiger partial charge in [-0.05, 0) is 67.0 Å². The van der Waals surface area contributed by atoms with Gasteiger partial charge in [0.05, 0.1) is 34.3 Å². The molecule has 2 saturated carbocycles. The molecule has 2 aromatic carbocycles. The lowest BCUT2D eigenvalue weighted by Crippen LogP contribution is -2.58. The van der Waals surface area contributed by atoms with Crippen molar-refractivity contribution in [2.75, 3.05) is 6.98 Å². The highest BCUT2D eigenvalue weighted by Crippen LogP contribution is 2.62. The number of amides is 1. The van der Waals surface area contributed by atoms with Crippen molar-refractivity contribution in [3.63, 3.8) is 0 Å². The summed E-state index contributed by atoms with van der Waals surface area (Å²) in [4.78, 5) is 24.3. The van der Waals surface area contributed by atoms with Gasteiger partial charge in [-0.2, -0.15) is 0 Å². The average molecular weight is 503 g/mol. The van der Waals surface area contributed by atoms with E-state index in [4.69, 9.17) is 26.2 Å². The first kappa shape index (κ1) is 19.2. The van der Waals surface area contributed by atoms with Gasteiger partial charge in [0.25, 0.3) is 5.91 Å². The maximum absolute atomic E-state index is 13.6. The van der Waals surface area contributed by atoms with Crippen molar-refractivity contribution in [3.8, 4) is 23.5 Å². The number of hydrogen-bond acceptors (Lipinski definition) is 4. The number of carbonyl (C=O) groups excluding carboxylic acids is 1. The molecule has 0 radical (unpaired) electrons. The number of imidazole rings is 1. The lowest BCUT2D eigenvalue weighted by molar-refractivity contribution is -0.0481. The lowest BCUT2D eigenvalue weighted by atomic mass is 9.48. The molecule has 2 aromatic heterocycles. The van der Waals surface area contributed by atoms with Gasteiger partial charge in [-0.3, -0.25) is 9.78 Å². The normalized spacial score (nSPS) is 25.3. The van der Waals surface area contributed by atoms with Crippen LogP contribution in [-0.2, 0) is 5.54 Å². The van der Waals surface area contributed by atoms with Crippen LogP contribution in [0.4, 0.5) is 0 Å². The monoisotopic (exact) mass is 502 g/mol. The van der Waals surface area contributed by atoms with E-state index >= 15 is 0 Å². The Labute approximate surface area is 226 Å². The topological polar surface area (TPSA) is 77.0 Å². The number of nitrogens with zero attached hydrogens (tertiary/aromatic N) is 4. The molecular formula is C32H29N5O. The smallest absolute Gasteiger partial charge is 0.254 e. The number of carbonyl (C=O) groups is 1. The molecule has 4 heterocycles. The van der Waals surface area contributed by atoms with E-state index < -0.39 is 18.9 Å². The summed E-state index contributed by atoms with van der Waals surface area (Å²) >= 11 is 0. The van der Waals surface area contributed by atoms with Crippen LogP contribution in [0, 0.1) is 17.8 Å². The first-order valence-electron chi connectivity index (χ1n) is 14.8. The predicted molar refractivity (Wildman–Crippen MR) is 146 cm³/mol. The van der Waals surface area contributed by atoms with E-state index in [0.717, 1.165) is 45.6 Å². The molecule has 2 bridgehead atoms. The second-order valence-electron chi connectivity index (χ2n) is 11.7. The van der Waals surface area contributed by atoms with Crippen LogP contribution in [0.5, 0.6) is 0 Å². The predicted octanol–water partition coefficient (Wildman–Crippen LogP) is 5.32. The minimum Gasteiger partial charge on any atom is -0.331 e. The molecule has 6 nitrogen and oxygen atoms in total. The molecule has 38 heavy (non-hydrogen) atoms. The Morgan fingerprint density at radius 1 is 1.13 bits per heavy atom. The highest BCUT2D eigenvalue weighted by atomic mass is 16.2. The molecule has 1 amide bonds. The largest absolute Gasteiger partial charge is 0.331 e. The van der Waals surface area contributed by atoms with E-state index in [-0.39, 0.29) is 11.6 Å². The molecule has 1 spiro atoms. The Morgan fingerprint density at radius 3 is 2.68 bits per heavy atom. The minimum absolute atomic E-state index is 0.316. The summed E-state index contributed by atoms with van der Waals surface area (Å²) < 4.78 is 26.8. The number of hydrogen-bond donors (Lipinski definition) is 1. The van der Waals surface area contributed by atoms with Gasteiger partial charge in [0.1, 0.15) is 5.82 Å². The Kier molecular flexibility index (Phi) is 3.70. The van der Waals surface area contributed by atoms with Crippen molar-refractivity contribution in [2.45, 2.75) is 56.1 Å². The molecule has 4 aromatic rings. The van der Waals surface area contributed by atoms with E-state index in [1.54, 1.807) is 18.2 Å². The number of benzene rings is 2. The molecule has 8 rings (SSSR count). The van der Waals surface area contributed by atoms with Crippen molar-refractivity contribution in [1.29, 1.82) is 0 Å². The fraction of sp³-hybridized carbons (Fsp3) is 0.344. The first-order valence-corrected chi connectivity index (χ1v) is 13.3. The summed E-state index contributed by atoms with van der Waals surface area (Å²) in [6, 6.07) is 14.3. The van der Waals surface area contributed by atoms with Crippen LogP contribution >= 0.6 is 0 Å². The van der Waals surface area contributed by atoms with E-state index in [9.17, 15) is 4.79 Å². The lowest BCUT2D eigenvalue weighted by Gasteiger charge is -2.59. The van der Waals surface area contributed by atoms with Crippen molar-refractivity contribution >= 4 is 16.9 Å². The second kappa shape index (κ2) is 7.33. The SMILES string of the molecule is [2H]C([2H])([2H])N1C(=O)c2cccc(C#C)c2[C@H]2C[C@@H]1c1nc3ccc(-c4ccc(C5(N)CC6(CCC6)C5)nc4)cc3n12. The quantitative estimate of drug-likeness (QED) is 0.377. The Hall–Kier alpha value is -3.95. The van der Waals surface area contributed by atoms with Crippen molar-refractivity contribution in [3.05, 3.63) is 82.9 Å². The van der Waals surface area contributed by atoms with Gasteiger partial charge in [-0.25, -0.2) is 4.98 Å². The summed E-state index contributed by atoms with van der Waals surface area (Å²) in [6.45, 7) is -2.63. The number of fused-ring (bicyclic) bond motifs is 9. The van der Waals surface area contributed by atoms with E-state index in [2.05, 4.69) is 28.7 Å². The number of terminal acetylenes is 1. The molecule has 4 aliphatic rings. The van der Waals surface area contributed by atoms with Crippen molar-refractivity contribution in [1.82, 2.24) is 19.4 Å². The molecule has 6 heteroatoms. The van der Waals surface area contributed by atoms with Gasteiger partial charge in [0.15, 0.2) is 0 Å². The summed E-state index contributed by atoms with van der Waals surface area (Å²) in [6.07, 6.45) is 14.1. The van der Waals surface area contributed by atoms with Crippen molar-refractivity contribution in [2.24, 2.45) is 11.1 Å². The maximum atomic E-state index is 13.6. The molecule has 2 fully saturated rings. The number of aromatic nitrogens is 3. The zero-order chi connectivity index (χ0) is 28.3. The number of pyridine rings is 1. The van der Waals surface area contributed by atoms with Gasteiger partial charge in [-0.1, -0.05) is 30.5 Å². The minimum atomic E-state index is -2.63. The summed E-state index contributed by atoms with van der Waals surface area (Å²) in [5.41, 5.74) is 13.0. The van der Waals surface area contributed by atoms with Gasteiger partial charge in [-0.15, -0.1) is 6.42 Å². The molecular weight excluding hydrogens is 470 g/mol. The fourth-order valence-electron chi connectivity index (χ4n) is 7.61. The Bertz CT molecular complexity index is 1800. The highest BCUT2D eigenvalue weighted by molar-refractivity contribution is 5.98. The first-order chi connectivity index (χ1) is 19.6. The van der Waals surface area contributed by atoms with E-state index in [0.29, 0.717) is 34.4 Å². The van der Waals surface area contributed by atoms with Gasteiger partial charge in [0.2, 0.25) is 0 Å². The second-order valence-corrected chi connectivity index (χ2v) is 11.7. The zero-order valence-electron chi connectivity index (χ0n) is 23.9. The maximum Gasteiger partial charge on any atom is 0.254 e. The molecule has 2 aliphatic heterocycles. The molecule has 2 atom stereocenters. The number of nitrogens with two attached hydrogens (primary N) is 1. The fourth-order valence-corrected chi connectivity index (χ4v) is 7.61. The van der Waals surface area contributed by atoms with Crippen LogP contribution in [0.3, 0.4) is 0 Å².